The van der Waals surface area contributed by atoms with Gasteiger partial charge in [-0.25, -0.2) is 8.42 Å². The van der Waals surface area contributed by atoms with Crippen LogP contribution in [0.3, 0.4) is 0 Å². The lowest BCUT2D eigenvalue weighted by Crippen LogP contribution is -2.45. The second kappa shape index (κ2) is 7.97. The molecule has 0 aliphatic rings. The van der Waals surface area contributed by atoms with Crippen molar-refractivity contribution in [2.24, 2.45) is 0 Å². The fourth-order valence-corrected chi connectivity index (χ4v) is 4.30. The van der Waals surface area contributed by atoms with E-state index in [-0.39, 0.29) is 10.9 Å². The standard InChI is InChI=1S/C16H16ClN3O3S2/c1-10(14-7-8-15(17)24-14)19-16(21)11(2)20-25(22,23)13-5-3-12(9-18)4-6-13/h3-8,10-11,20H,1-2H3,(H,19,21)/t10-,11-/m1/s1. The molecule has 1 amide bonds. The molecule has 0 unspecified atom stereocenters. The summed E-state index contributed by atoms with van der Waals surface area (Å²) in [5.74, 6) is -0.450. The van der Waals surface area contributed by atoms with E-state index in [4.69, 9.17) is 16.9 Å². The van der Waals surface area contributed by atoms with E-state index in [1.54, 1.807) is 13.0 Å². The van der Waals surface area contributed by atoms with Crippen molar-refractivity contribution in [2.45, 2.75) is 30.8 Å². The van der Waals surface area contributed by atoms with Crippen molar-refractivity contribution in [3.8, 4) is 6.07 Å². The Hall–Kier alpha value is -1.92. The van der Waals surface area contributed by atoms with E-state index in [9.17, 15) is 13.2 Å². The van der Waals surface area contributed by atoms with Crippen molar-refractivity contribution in [3.05, 3.63) is 51.2 Å². The molecule has 25 heavy (non-hydrogen) atoms. The van der Waals surface area contributed by atoms with Crippen LogP contribution in [0.5, 0.6) is 0 Å². The van der Waals surface area contributed by atoms with Gasteiger partial charge in [0.15, 0.2) is 0 Å². The monoisotopic (exact) mass is 397 g/mol. The Morgan fingerprint density at radius 1 is 1.20 bits per heavy atom. The third-order valence-electron chi connectivity index (χ3n) is 3.40. The number of nitrogens with zero attached hydrogens (tertiary/aromatic N) is 1. The molecule has 1 heterocycles. The summed E-state index contributed by atoms with van der Waals surface area (Å²) in [6.07, 6.45) is 0. The van der Waals surface area contributed by atoms with Gasteiger partial charge < -0.3 is 5.32 Å². The van der Waals surface area contributed by atoms with Crippen LogP contribution in [0.2, 0.25) is 4.34 Å². The highest BCUT2D eigenvalue weighted by molar-refractivity contribution is 7.89. The van der Waals surface area contributed by atoms with E-state index >= 15 is 0 Å². The number of amides is 1. The van der Waals surface area contributed by atoms with Gasteiger partial charge in [-0.15, -0.1) is 11.3 Å². The molecule has 0 radical (unpaired) electrons. The van der Waals surface area contributed by atoms with Gasteiger partial charge >= 0.3 is 0 Å². The second-order valence-corrected chi connectivity index (χ2v) is 8.81. The first-order chi connectivity index (χ1) is 11.7. The number of carbonyl (C=O) groups is 1. The Morgan fingerprint density at radius 2 is 1.84 bits per heavy atom. The van der Waals surface area contributed by atoms with Crippen molar-refractivity contribution >= 4 is 38.9 Å². The van der Waals surface area contributed by atoms with Crippen LogP contribution in [0.25, 0.3) is 0 Å². The third kappa shape index (κ3) is 5.03. The summed E-state index contributed by atoms with van der Waals surface area (Å²) in [4.78, 5) is 13.1. The Bertz CT molecular complexity index is 901. The molecule has 0 aliphatic carbocycles. The van der Waals surface area contributed by atoms with E-state index in [0.717, 1.165) is 4.88 Å². The van der Waals surface area contributed by atoms with E-state index in [2.05, 4.69) is 10.0 Å². The number of nitriles is 1. The average Bonchev–Trinajstić information content (AvgIpc) is 3.01. The molecule has 2 rings (SSSR count). The van der Waals surface area contributed by atoms with Crippen LogP contribution in [-0.4, -0.2) is 20.4 Å². The summed E-state index contributed by atoms with van der Waals surface area (Å²) >= 11 is 7.22. The Kier molecular flexibility index (Phi) is 6.19. The van der Waals surface area contributed by atoms with Gasteiger partial charge in [0, 0.05) is 4.88 Å². The molecule has 0 bridgehead atoms. The van der Waals surface area contributed by atoms with Crippen LogP contribution < -0.4 is 10.0 Å². The Balaban J connectivity index is 2.02. The number of thiophene rings is 1. The summed E-state index contributed by atoms with van der Waals surface area (Å²) in [7, 11) is -3.86. The van der Waals surface area contributed by atoms with E-state index < -0.39 is 22.0 Å². The predicted molar refractivity (Wildman–Crippen MR) is 96.8 cm³/mol. The smallest absolute Gasteiger partial charge is 0.241 e. The molecule has 2 atom stereocenters. The third-order valence-corrected chi connectivity index (χ3v) is 6.37. The number of nitrogens with one attached hydrogen (secondary N) is 2. The molecule has 0 saturated heterocycles. The zero-order valence-corrected chi connectivity index (χ0v) is 15.9. The molecule has 0 spiro atoms. The molecule has 1 aromatic carbocycles. The van der Waals surface area contributed by atoms with Gasteiger partial charge in [0.1, 0.15) is 0 Å². The molecule has 0 saturated carbocycles. The maximum atomic E-state index is 12.3. The highest BCUT2D eigenvalue weighted by atomic mass is 35.5. The number of rotatable bonds is 6. The molecular formula is C16H16ClN3O3S2. The Labute approximate surface area is 155 Å². The number of carbonyl (C=O) groups excluding carboxylic acids is 1. The maximum Gasteiger partial charge on any atom is 0.241 e. The molecule has 2 aromatic rings. The zero-order chi connectivity index (χ0) is 18.6. The van der Waals surface area contributed by atoms with Crippen LogP contribution in [0.1, 0.15) is 30.3 Å². The topological polar surface area (TPSA) is 99.1 Å². The molecule has 132 valence electrons. The van der Waals surface area contributed by atoms with Crippen molar-refractivity contribution in [1.82, 2.24) is 10.0 Å². The number of sulfonamides is 1. The summed E-state index contributed by atoms with van der Waals surface area (Å²) in [5.41, 5.74) is 0.355. The van der Waals surface area contributed by atoms with E-state index in [1.807, 2.05) is 12.1 Å². The van der Waals surface area contributed by atoms with Gasteiger partial charge in [0.2, 0.25) is 15.9 Å². The first-order valence-corrected chi connectivity index (χ1v) is 9.99. The minimum Gasteiger partial charge on any atom is -0.347 e. The molecule has 9 heteroatoms. The number of halogens is 1. The zero-order valence-electron chi connectivity index (χ0n) is 13.5. The highest BCUT2D eigenvalue weighted by Crippen LogP contribution is 2.26. The molecular weight excluding hydrogens is 382 g/mol. The van der Waals surface area contributed by atoms with Crippen molar-refractivity contribution < 1.29 is 13.2 Å². The van der Waals surface area contributed by atoms with Crippen molar-refractivity contribution in [3.63, 3.8) is 0 Å². The van der Waals surface area contributed by atoms with Gasteiger partial charge in [0.05, 0.1) is 32.9 Å². The van der Waals surface area contributed by atoms with E-state index in [0.29, 0.717) is 9.90 Å². The largest absolute Gasteiger partial charge is 0.347 e. The first kappa shape index (κ1) is 19.4. The van der Waals surface area contributed by atoms with Crippen molar-refractivity contribution in [1.29, 1.82) is 5.26 Å². The van der Waals surface area contributed by atoms with Gasteiger partial charge in [-0.05, 0) is 50.2 Å². The normalized spacial score (nSPS) is 13.7. The summed E-state index contributed by atoms with van der Waals surface area (Å²) in [5, 5.41) is 11.5. The van der Waals surface area contributed by atoms with Crippen LogP contribution in [0.4, 0.5) is 0 Å². The molecule has 0 aliphatic heterocycles. The number of benzene rings is 1. The summed E-state index contributed by atoms with van der Waals surface area (Å²) < 4.78 is 27.6. The number of hydrogen-bond donors (Lipinski definition) is 2. The summed E-state index contributed by atoms with van der Waals surface area (Å²) in [6, 6.07) is 9.67. The lowest BCUT2D eigenvalue weighted by molar-refractivity contribution is -0.122. The lowest BCUT2D eigenvalue weighted by Gasteiger charge is -2.18. The first-order valence-electron chi connectivity index (χ1n) is 7.31. The minimum atomic E-state index is -3.86. The molecule has 0 fully saturated rings. The average molecular weight is 398 g/mol. The van der Waals surface area contributed by atoms with Crippen LogP contribution in [-0.2, 0) is 14.8 Å². The van der Waals surface area contributed by atoms with E-state index in [1.165, 1.54) is 42.5 Å². The fraction of sp³-hybridized carbons (Fsp3) is 0.250. The van der Waals surface area contributed by atoms with Gasteiger partial charge in [-0.1, -0.05) is 11.6 Å². The van der Waals surface area contributed by atoms with Gasteiger partial charge in [-0.2, -0.15) is 9.98 Å². The van der Waals surface area contributed by atoms with Crippen LogP contribution in [0.15, 0.2) is 41.3 Å². The van der Waals surface area contributed by atoms with Crippen LogP contribution in [0, 0.1) is 11.3 Å². The quantitative estimate of drug-likeness (QED) is 0.782. The Morgan fingerprint density at radius 3 is 2.36 bits per heavy atom. The fourth-order valence-electron chi connectivity index (χ4n) is 2.03. The summed E-state index contributed by atoms with van der Waals surface area (Å²) in [6.45, 7) is 3.26. The highest BCUT2D eigenvalue weighted by Gasteiger charge is 2.23. The lowest BCUT2D eigenvalue weighted by atomic mass is 10.2. The second-order valence-electron chi connectivity index (χ2n) is 5.35. The van der Waals surface area contributed by atoms with Gasteiger partial charge in [-0.3, -0.25) is 4.79 Å². The van der Waals surface area contributed by atoms with Crippen LogP contribution >= 0.6 is 22.9 Å². The number of hydrogen-bond acceptors (Lipinski definition) is 5. The van der Waals surface area contributed by atoms with Gasteiger partial charge in [0.25, 0.3) is 0 Å². The minimum absolute atomic E-state index is 0.00997. The molecule has 1 aromatic heterocycles. The molecule has 2 N–H and O–H groups in total. The maximum absolute atomic E-state index is 12.3. The predicted octanol–water partition coefficient (Wildman–Crippen LogP) is 2.82. The van der Waals surface area contributed by atoms with Crippen molar-refractivity contribution in [2.75, 3.05) is 0 Å². The SMILES string of the molecule is C[C@@H](NS(=O)(=O)c1ccc(C#N)cc1)C(=O)N[C@H](C)c1ccc(Cl)s1. The molecule has 6 nitrogen and oxygen atoms in total.